The van der Waals surface area contributed by atoms with Gasteiger partial charge in [0.2, 0.25) is 0 Å². The largest absolute Gasteiger partial charge is 0.457 e. The van der Waals surface area contributed by atoms with Crippen LogP contribution in [0.3, 0.4) is 0 Å². The fraction of sp³-hybridized carbons (Fsp3) is 0.178. The van der Waals surface area contributed by atoms with Crippen LogP contribution in [0.5, 0.6) is 23.0 Å². The van der Waals surface area contributed by atoms with Crippen molar-refractivity contribution in [3.63, 3.8) is 0 Å². The number of para-hydroxylation sites is 7. The van der Waals surface area contributed by atoms with Crippen LogP contribution in [0, 0.1) is 0 Å². The highest BCUT2D eigenvalue weighted by Gasteiger charge is 2.25. The molecule has 0 amide bonds. The molecule has 1 N–H and O–H groups in total. The monoisotopic (exact) mass is 1220 g/mol. The molecule has 1 unspecified atom stereocenters. The third kappa shape index (κ3) is 13.7. The van der Waals surface area contributed by atoms with Crippen molar-refractivity contribution >= 4 is 29.2 Å². The standard InChI is InChI=1S/C16H16.C16H14.2C15H15N.2C14H12O/c2*1-12-15-8-4-2-6-13(15)10-11-14-7-3-5-9-16(12)14;1-16-14-8-4-2-6-12(14)10-11-13-7-3-5-9-15(13)16;1-11-14-8-4-2-6-12(14)10-13-7-3-5-9-15(13)16-11;2*1-10-11-6-2-4-8-13(11)15-14-9-5-3-7-12(10)14/h2-9,12H,10-11H2,1H3;2-12H,1H3;2-9H,10-11H2,1H3;2-9,11,16H,10H2,1H3;2*2-10H,1H3. The Bertz CT molecular complexity index is 4190. The molecule has 4 nitrogen and oxygen atoms in total. The summed E-state index contributed by atoms with van der Waals surface area (Å²) in [4.78, 5) is 2.30. The molecule has 0 fully saturated rings. The maximum absolute atomic E-state index is 5.85. The Labute approximate surface area is 557 Å². The molecule has 466 valence electrons. The Morgan fingerprint density at radius 3 is 1.00 bits per heavy atom. The molecular weight excluding hydrogens is 1140 g/mol. The Balaban J connectivity index is 0.000000102. The van der Waals surface area contributed by atoms with Crippen LogP contribution in [0.15, 0.2) is 291 Å². The number of nitrogens with zero attached hydrogens (tertiary/aromatic N) is 1. The van der Waals surface area contributed by atoms with Gasteiger partial charge in [0.25, 0.3) is 0 Å². The van der Waals surface area contributed by atoms with Crippen LogP contribution >= 0.6 is 0 Å². The Morgan fingerprint density at radius 2 is 0.564 bits per heavy atom. The number of rotatable bonds is 0. The van der Waals surface area contributed by atoms with Crippen molar-refractivity contribution in [3.05, 3.63) is 386 Å². The van der Waals surface area contributed by atoms with Gasteiger partial charge in [-0.1, -0.05) is 289 Å². The zero-order chi connectivity index (χ0) is 64.3. The third-order valence-electron chi connectivity index (χ3n) is 19.7. The lowest BCUT2D eigenvalue weighted by molar-refractivity contribution is 0.449. The average molecular weight is 1230 g/mol. The Hall–Kier alpha value is -10.4. The van der Waals surface area contributed by atoms with Crippen molar-refractivity contribution in [2.45, 2.75) is 96.4 Å². The molecule has 1 atom stereocenters. The van der Waals surface area contributed by atoms with E-state index in [0.29, 0.717) is 29.7 Å². The first-order valence-corrected chi connectivity index (χ1v) is 33.7. The normalized spacial score (nSPS) is 14.8. The number of fused-ring (bicyclic) bond motifs is 12. The second kappa shape index (κ2) is 29.0. The zero-order valence-electron chi connectivity index (χ0n) is 55.1. The summed E-state index contributed by atoms with van der Waals surface area (Å²) in [7, 11) is 2.16. The Morgan fingerprint density at radius 1 is 0.277 bits per heavy atom. The van der Waals surface area contributed by atoms with E-state index in [1.165, 1.54) is 124 Å². The Kier molecular flexibility index (Phi) is 19.3. The maximum atomic E-state index is 5.85. The van der Waals surface area contributed by atoms with Crippen molar-refractivity contribution in [1.29, 1.82) is 0 Å². The van der Waals surface area contributed by atoms with Crippen LogP contribution in [-0.4, -0.2) is 7.05 Å². The van der Waals surface area contributed by atoms with E-state index in [1.54, 1.807) is 0 Å². The molecule has 0 radical (unpaired) electrons. The van der Waals surface area contributed by atoms with Gasteiger partial charge in [-0.25, -0.2) is 0 Å². The molecule has 0 aromatic heterocycles. The van der Waals surface area contributed by atoms with Crippen LogP contribution in [0.1, 0.15) is 159 Å². The van der Waals surface area contributed by atoms with E-state index in [2.05, 4.69) is 307 Å². The maximum Gasteiger partial charge on any atom is 0.131 e. The predicted molar refractivity (Wildman–Crippen MR) is 394 cm³/mol. The molecule has 0 saturated heterocycles. The van der Waals surface area contributed by atoms with Crippen molar-refractivity contribution in [2.24, 2.45) is 0 Å². The molecule has 12 aromatic carbocycles. The lowest BCUT2D eigenvalue weighted by Crippen LogP contribution is -2.10. The van der Waals surface area contributed by atoms with Gasteiger partial charge in [-0.15, -0.1) is 0 Å². The van der Waals surface area contributed by atoms with Gasteiger partial charge in [0, 0.05) is 76.1 Å². The van der Waals surface area contributed by atoms with Gasteiger partial charge in [0.1, 0.15) is 23.0 Å². The first-order chi connectivity index (χ1) is 46.1. The molecule has 0 spiro atoms. The molecular formula is C90H84N2O2. The summed E-state index contributed by atoms with van der Waals surface area (Å²) < 4.78 is 11.7. The lowest BCUT2D eigenvalue weighted by Gasteiger charge is -2.25. The average Bonchev–Trinajstić information content (AvgIpc) is 1.34. The van der Waals surface area contributed by atoms with E-state index in [1.807, 2.05) is 48.5 Å². The van der Waals surface area contributed by atoms with Crippen molar-refractivity contribution in [1.82, 2.24) is 0 Å². The van der Waals surface area contributed by atoms with Crippen molar-refractivity contribution in [3.8, 4) is 23.0 Å². The molecule has 6 aliphatic rings. The number of benzene rings is 12. The van der Waals surface area contributed by atoms with E-state index in [4.69, 9.17) is 9.47 Å². The SMILES string of the molecule is CC1Nc2ccccc2Cc2ccccc21.CC1c2ccccc2C=Cc2ccccc21.CC1c2ccccc2CCc2ccccc21.CC1c2ccccc2Oc2ccccc21.CC1c2ccccc2Oc2ccccc21.CN1c2ccccc2CCc2ccccc21. The van der Waals surface area contributed by atoms with Crippen LogP contribution in [0.25, 0.3) is 12.2 Å². The van der Waals surface area contributed by atoms with Crippen LogP contribution in [-0.2, 0) is 32.1 Å². The minimum absolute atomic E-state index is 0.389. The third-order valence-corrected chi connectivity index (χ3v) is 19.7. The minimum atomic E-state index is 0.389. The zero-order valence-corrected chi connectivity index (χ0v) is 55.1. The van der Waals surface area contributed by atoms with Gasteiger partial charge in [-0.2, -0.15) is 0 Å². The smallest absolute Gasteiger partial charge is 0.131 e. The van der Waals surface area contributed by atoms with E-state index in [-0.39, 0.29) is 0 Å². The quantitative estimate of drug-likeness (QED) is 0.164. The number of hydrogen-bond donors (Lipinski definition) is 1. The van der Waals surface area contributed by atoms with E-state index < -0.39 is 0 Å². The molecule has 2 aliphatic carbocycles. The van der Waals surface area contributed by atoms with Crippen molar-refractivity contribution in [2.75, 3.05) is 17.3 Å². The number of aryl methyl sites for hydroxylation is 4. The number of anilines is 3. The first kappa shape index (κ1) is 62.4. The summed E-state index contributed by atoms with van der Waals surface area (Å²) in [6.45, 7) is 11.3. The highest BCUT2D eigenvalue weighted by atomic mass is 16.5. The molecule has 18 rings (SSSR count). The van der Waals surface area contributed by atoms with Gasteiger partial charge < -0.3 is 19.7 Å². The topological polar surface area (TPSA) is 33.7 Å². The van der Waals surface area contributed by atoms with Crippen LogP contribution in [0.4, 0.5) is 17.1 Å². The fourth-order valence-electron chi connectivity index (χ4n) is 14.5. The predicted octanol–water partition coefficient (Wildman–Crippen LogP) is 23.5. The highest BCUT2D eigenvalue weighted by Crippen LogP contribution is 2.45. The summed E-state index contributed by atoms with van der Waals surface area (Å²) in [6.07, 6.45) is 10.1. The molecule has 94 heavy (non-hydrogen) atoms. The summed E-state index contributed by atoms with van der Waals surface area (Å²) in [6, 6.07) is 103. The first-order valence-electron chi connectivity index (χ1n) is 33.7. The molecule has 4 heteroatoms. The van der Waals surface area contributed by atoms with E-state index >= 15 is 0 Å². The van der Waals surface area contributed by atoms with Crippen molar-refractivity contribution < 1.29 is 9.47 Å². The highest BCUT2D eigenvalue weighted by molar-refractivity contribution is 5.76. The van der Waals surface area contributed by atoms with E-state index in [0.717, 1.165) is 42.3 Å². The number of nitrogens with one attached hydrogen (secondary N) is 1. The number of hydrogen-bond acceptors (Lipinski definition) is 4. The number of ether oxygens (including phenoxy) is 2. The molecule has 4 aliphatic heterocycles. The second-order valence-electron chi connectivity index (χ2n) is 25.4. The molecule has 0 saturated carbocycles. The summed E-state index contributed by atoms with van der Waals surface area (Å²) in [5, 5.41) is 3.58. The van der Waals surface area contributed by atoms with Crippen LogP contribution in [0.2, 0.25) is 0 Å². The molecule has 0 bridgehead atoms. The second-order valence-corrected chi connectivity index (χ2v) is 25.4. The lowest BCUT2D eigenvalue weighted by atomic mass is 9.89. The summed E-state index contributed by atoms with van der Waals surface area (Å²) in [5.74, 6) is 5.81. The summed E-state index contributed by atoms with van der Waals surface area (Å²) in [5.41, 5.74) is 27.8. The van der Waals surface area contributed by atoms with Gasteiger partial charge in [0.05, 0.1) is 0 Å². The van der Waals surface area contributed by atoms with Gasteiger partial charge in [-0.05, 0) is 154 Å². The van der Waals surface area contributed by atoms with Gasteiger partial charge in [0.15, 0.2) is 0 Å². The van der Waals surface area contributed by atoms with Gasteiger partial charge >= 0.3 is 0 Å². The van der Waals surface area contributed by atoms with Gasteiger partial charge in [-0.3, -0.25) is 0 Å². The summed E-state index contributed by atoms with van der Waals surface area (Å²) >= 11 is 0. The molecule has 12 aromatic rings. The van der Waals surface area contributed by atoms with Crippen LogP contribution < -0.4 is 19.7 Å². The fourth-order valence-corrected chi connectivity index (χ4v) is 14.5. The van der Waals surface area contributed by atoms with E-state index in [9.17, 15) is 0 Å². The molecule has 4 heterocycles. The minimum Gasteiger partial charge on any atom is -0.457 e.